The summed E-state index contributed by atoms with van der Waals surface area (Å²) in [5.41, 5.74) is 8.51. The summed E-state index contributed by atoms with van der Waals surface area (Å²) in [5, 5.41) is 11.5. The van der Waals surface area contributed by atoms with Crippen LogP contribution in [0.1, 0.15) is 35.2 Å². The number of hydrogen-bond acceptors (Lipinski definition) is 4. The highest BCUT2D eigenvalue weighted by Gasteiger charge is 2.26. The van der Waals surface area contributed by atoms with Crippen LogP contribution in [0, 0.1) is 5.82 Å². The first-order chi connectivity index (χ1) is 16.5. The molecule has 0 aromatic heterocycles. The fourth-order valence-electron chi connectivity index (χ4n) is 3.69. The van der Waals surface area contributed by atoms with Crippen LogP contribution in [0.3, 0.4) is 0 Å². The van der Waals surface area contributed by atoms with Crippen molar-refractivity contribution in [3.05, 3.63) is 88.7 Å². The molecule has 4 N–H and O–H groups in total. The molecule has 3 rings (SSSR count). The number of nitrogens with two attached hydrogens (primary N) is 1. The van der Waals surface area contributed by atoms with Crippen LogP contribution in [0.4, 0.5) is 17.6 Å². The van der Waals surface area contributed by atoms with Gasteiger partial charge in [0.25, 0.3) is 0 Å². The Morgan fingerprint density at radius 2 is 1.80 bits per heavy atom. The lowest BCUT2D eigenvalue weighted by atomic mass is 9.96. The molecule has 0 unspecified atom stereocenters. The lowest BCUT2D eigenvalue weighted by molar-refractivity contribution is -0.136. The smallest absolute Gasteiger partial charge is 0.401 e. The van der Waals surface area contributed by atoms with Crippen LogP contribution in [-0.2, 0) is 24.4 Å². The van der Waals surface area contributed by atoms with Gasteiger partial charge < -0.3 is 20.9 Å². The molecule has 0 aliphatic heterocycles. The molecule has 0 aliphatic rings. The van der Waals surface area contributed by atoms with Gasteiger partial charge in [-0.2, -0.15) is 13.2 Å². The van der Waals surface area contributed by atoms with E-state index in [1.54, 1.807) is 67.6 Å². The van der Waals surface area contributed by atoms with Crippen LogP contribution in [-0.4, -0.2) is 23.8 Å². The fourth-order valence-corrected chi connectivity index (χ4v) is 3.69. The maximum atomic E-state index is 15.2. The molecule has 186 valence electrons. The zero-order valence-corrected chi connectivity index (χ0v) is 19.0. The second kappa shape index (κ2) is 11.3. The van der Waals surface area contributed by atoms with Crippen molar-refractivity contribution >= 4 is 5.97 Å². The zero-order valence-electron chi connectivity index (χ0n) is 19.0. The molecule has 5 nitrogen and oxygen atoms in total. The van der Waals surface area contributed by atoms with E-state index in [1.807, 2.05) is 0 Å². The van der Waals surface area contributed by atoms with Gasteiger partial charge in [-0.15, -0.1) is 0 Å². The van der Waals surface area contributed by atoms with Crippen LogP contribution in [0.5, 0.6) is 5.75 Å². The normalized spacial score (nSPS) is 12.4. The number of benzene rings is 3. The summed E-state index contributed by atoms with van der Waals surface area (Å²) in [7, 11) is 0. The first kappa shape index (κ1) is 26.2. The van der Waals surface area contributed by atoms with Gasteiger partial charge in [0.2, 0.25) is 0 Å². The topological polar surface area (TPSA) is 84.6 Å². The van der Waals surface area contributed by atoms with E-state index < -0.39 is 30.5 Å². The standard InChI is InChI=1S/C26H26F4N2O3/c1-16(31)21-6-4-7-22(25(21)27)20-10-17(13-32-15-26(28,29)30)9-18(11-20)14-35-23-8-3-2-5-19(23)12-24(33)34/h2-11,16,32H,12-15,31H2,1H3,(H,33,34)/t16-/m1/s1. The molecule has 1 atom stereocenters. The van der Waals surface area contributed by atoms with E-state index >= 15 is 4.39 Å². The van der Waals surface area contributed by atoms with Crippen molar-refractivity contribution in [2.75, 3.05) is 6.54 Å². The fraction of sp³-hybridized carbons (Fsp3) is 0.269. The van der Waals surface area contributed by atoms with Crippen molar-refractivity contribution in [2.45, 2.75) is 38.7 Å². The number of carboxylic acids is 1. The second-order valence-corrected chi connectivity index (χ2v) is 8.22. The van der Waals surface area contributed by atoms with Gasteiger partial charge in [-0.1, -0.05) is 42.5 Å². The van der Waals surface area contributed by atoms with E-state index in [9.17, 15) is 18.0 Å². The lowest BCUT2D eigenvalue weighted by Crippen LogP contribution is -2.28. The molecule has 0 spiro atoms. The summed E-state index contributed by atoms with van der Waals surface area (Å²) in [6.45, 7) is 0.406. The highest BCUT2D eigenvalue weighted by Crippen LogP contribution is 2.30. The Kier molecular flexibility index (Phi) is 8.48. The van der Waals surface area contributed by atoms with E-state index in [4.69, 9.17) is 15.6 Å². The molecular weight excluding hydrogens is 464 g/mol. The molecule has 0 bridgehead atoms. The predicted octanol–water partition coefficient (Wildman–Crippen LogP) is 5.37. The van der Waals surface area contributed by atoms with Gasteiger partial charge in [-0.3, -0.25) is 4.79 Å². The Morgan fingerprint density at radius 3 is 2.49 bits per heavy atom. The average Bonchev–Trinajstić information content (AvgIpc) is 2.77. The molecule has 0 saturated heterocycles. The number of ether oxygens (including phenoxy) is 1. The third-order valence-electron chi connectivity index (χ3n) is 5.25. The van der Waals surface area contributed by atoms with Gasteiger partial charge in [0.05, 0.1) is 13.0 Å². The Morgan fingerprint density at radius 1 is 1.09 bits per heavy atom. The van der Waals surface area contributed by atoms with Crippen LogP contribution >= 0.6 is 0 Å². The summed E-state index contributed by atoms with van der Waals surface area (Å²) in [6, 6.07) is 16.0. The van der Waals surface area contributed by atoms with Crippen LogP contribution in [0.15, 0.2) is 60.7 Å². The number of alkyl halides is 3. The monoisotopic (exact) mass is 490 g/mol. The quantitative estimate of drug-likeness (QED) is 0.333. The Labute approximate surface area is 200 Å². The van der Waals surface area contributed by atoms with Gasteiger partial charge >= 0.3 is 12.1 Å². The minimum atomic E-state index is -4.37. The zero-order chi connectivity index (χ0) is 25.6. The third-order valence-corrected chi connectivity index (χ3v) is 5.25. The van der Waals surface area contributed by atoms with Crippen LogP contribution < -0.4 is 15.8 Å². The second-order valence-electron chi connectivity index (χ2n) is 8.22. The number of para-hydroxylation sites is 1. The van der Waals surface area contributed by atoms with Crippen molar-refractivity contribution in [2.24, 2.45) is 5.73 Å². The molecule has 0 saturated carbocycles. The van der Waals surface area contributed by atoms with Crippen LogP contribution in [0.2, 0.25) is 0 Å². The van der Waals surface area contributed by atoms with Crippen molar-refractivity contribution in [1.29, 1.82) is 0 Å². The van der Waals surface area contributed by atoms with Crippen molar-refractivity contribution in [3.8, 4) is 16.9 Å². The van der Waals surface area contributed by atoms with Gasteiger partial charge in [-0.05, 0) is 41.8 Å². The highest BCUT2D eigenvalue weighted by atomic mass is 19.4. The molecule has 0 aliphatic carbocycles. The third kappa shape index (κ3) is 7.53. The number of carboxylic acid groups (broad SMARTS) is 1. The number of halogens is 4. The van der Waals surface area contributed by atoms with Crippen molar-refractivity contribution in [1.82, 2.24) is 5.32 Å². The Bertz CT molecular complexity index is 1180. The lowest BCUT2D eigenvalue weighted by Gasteiger charge is -2.16. The molecular formula is C26H26F4N2O3. The van der Waals surface area contributed by atoms with Gasteiger partial charge in [0, 0.05) is 29.3 Å². The maximum absolute atomic E-state index is 15.2. The number of carbonyl (C=O) groups is 1. The number of hydrogen-bond donors (Lipinski definition) is 3. The van der Waals surface area contributed by atoms with E-state index in [-0.39, 0.29) is 25.1 Å². The molecule has 35 heavy (non-hydrogen) atoms. The van der Waals surface area contributed by atoms with Gasteiger partial charge in [0.15, 0.2) is 0 Å². The maximum Gasteiger partial charge on any atom is 0.401 e. The van der Waals surface area contributed by atoms with E-state index in [2.05, 4.69) is 5.32 Å². The largest absolute Gasteiger partial charge is 0.489 e. The SMILES string of the molecule is C[C@@H](N)c1cccc(-c2cc(CNCC(F)(F)F)cc(COc3ccccc3CC(=O)O)c2)c1F. The molecule has 0 heterocycles. The van der Waals surface area contributed by atoms with E-state index in [1.165, 1.54) is 0 Å². The Hall–Kier alpha value is -3.43. The predicted molar refractivity (Wildman–Crippen MR) is 124 cm³/mol. The first-order valence-electron chi connectivity index (χ1n) is 10.9. The Balaban J connectivity index is 1.93. The first-order valence-corrected chi connectivity index (χ1v) is 10.9. The van der Waals surface area contributed by atoms with Gasteiger partial charge in [-0.25, -0.2) is 4.39 Å². The summed E-state index contributed by atoms with van der Waals surface area (Å²) < 4.78 is 58.8. The molecule has 0 fully saturated rings. The minimum absolute atomic E-state index is 0.00530. The summed E-state index contributed by atoms with van der Waals surface area (Å²) in [5.74, 6) is -1.13. The van der Waals surface area contributed by atoms with E-state index in [0.717, 1.165) is 0 Å². The molecule has 9 heteroatoms. The van der Waals surface area contributed by atoms with Gasteiger partial charge in [0.1, 0.15) is 18.2 Å². The molecule has 3 aromatic carbocycles. The molecule has 0 radical (unpaired) electrons. The molecule has 0 amide bonds. The summed E-state index contributed by atoms with van der Waals surface area (Å²) >= 11 is 0. The minimum Gasteiger partial charge on any atom is -0.489 e. The highest BCUT2D eigenvalue weighted by molar-refractivity contribution is 5.71. The number of nitrogens with one attached hydrogen (secondary N) is 1. The molecule has 3 aromatic rings. The van der Waals surface area contributed by atoms with E-state index in [0.29, 0.717) is 33.6 Å². The summed E-state index contributed by atoms with van der Waals surface area (Å²) in [4.78, 5) is 11.1. The van der Waals surface area contributed by atoms with Crippen molar-refractivity contribution in [3.63, 3.8) is 0 Å². The van der Waals surface area contributed by atoms with Crippen molar-refractivity contribution < 1.29 is 32.2 Å². The number of rotatable bonds is 10. The summed E-state index contributed by atoms with van der Waals surface area (Å²) in [6.07, 6.45) is -4.59. The average molecular weight is 490 g/mol. The van der Waals surface area contributed by atoms with Crippen LogP contribution in [0.25, 0.3) is 11.1 Å². The number of aliphatic carboxylic acids is 1.